The number of rotatable bonds is 9. The predicted octanol–water partition coefficient (Wildman–Crippen LogP) is 7.52. The lowest BCUT2D eigenvalue weighted by Gasteiger charge is -2.28. The first kappa shape index (κ1) is 31.1. The third kappa shape index (κ3) is 6.00. The summed E-state index contributed by atoms with van der Waals surface area (Å²) in [5, 5.41) is 0. The van der Waals surface area contributed by atoms with Crippen molar-refractivity contribution in [2.75, 3.05) is 0 Å². The van der Waals surface area contributed by atoms with Gasteiger partial charge in [0.05, 0.1) is 16.7 Å². The first-order valence-corrected chi connectivity index (χ1v) is 9.89. The quantitative estimate of drug-likeness (QED) is 0.144. The summed E-state index contributed by atoms with van der Waals surface area (Å²) < 4.78 is 219. The maximum atomic E-state index is 14.6. The zero-order valence-electron chi connectivity index (χ0n) is 18.4. The van der Waals surface area contributed by atoms with Gasteiger partial charge < -0.3 is 14.0 Å². The van der Waals surface area contributed by atoms with Gasteiger partial charge in [0.1, 0.15) is 0 Å². The van der Waals surface area contributed by atoms with Crippen LogP contribution in [0.3, 0.4) is 0 Å². The Balaban J connectivity index is 2.08. The molecule has 0 aliphatic carbocycles. The second-order valence-corrected chi connectivity index (χ2v) is 7.36. The summed E-state index contributed by atoms with van der Waals surface area (Å²) in [6.45, 7) is 0. The summed E-state index contributed by atoms with van der Waals surface area (Å²) >= 11 is 0. The van der Waals surface area contributed by atoms with E-state index < -0.39 is 94.7 Å². The summed E-state index contributed by atoms with van der Waals surface area (Å²) in [5.74, 6) is -22.1. The number of hydrogen-bond acceptors (Lipinski definition) is 3. The highest BCUT2D eigenvalue weighted by molar-refractivity contribution is 6.36. The molecule has 0 atom stereocenters. The average Bonchev–Trinajstić information content (AvgIpc) is 2.83. The number of alkyl halides is 6. The molecule has 3 nitrogen and oxygen atoms in total. The van der Waals surface area contributed by atoms with E-state index in [2.05, 4.69) is 14.0 Å². The largest absolute Gasteiger partial charge is 0.653 e. The molecule has 0 fully saturated rings. The highest BCUT2D eigenvalue weighted by Crippen LogP contribution is 2.41. The molecule has 3 rings (SSSR count). The third-order valence-electron chi connectivity index (χ3n) is 4.78. The Bertz CT molecular complexity index is 1260. The monoisotopic (exact) mass is 602 g/mol. The predicted molar refractivity (Wildman–Crippen MR) is 99.6 cm³/mol. The van der Waals surface area contributed by atoms with Gasteiger partial charge in [-0.25, -0.2) is 39.5 Å². The van der Waals surface area contributed by atoms with E-state index in [0.29, 0.717) is 0 Å². The summed E-state index contributed by atoms with van der Waals surface area (Å²) in [6.07, 6.45) is -16.7. The lowest BCUT2D eigenvalue weighted by molar-refractivity contribution is -0.287. The molecule has 3 aromatic rings. The maximum Gasteiger partial charge on any atom is 0.653 e. The molecule has 216 valence electrons. The van der Waals surface area contributed by atoms with Gasteiger partial charge in [-0.05, 0) is 36.4 Å². The van der Waals surface area contributed by atoms with Gasteiger partial charge in [-0.3, -0.25) is 0 Å². The van der Waals surface area contributed by atoms with E-state index >= 15 is 0 Å². The molecule has 0 aliphatic heterocycles. The highest BCUT2D eigenvalue weighted by Gasteiger charge is 2.54. The fourth-order valence-electron chi connectivity index (χ4n) is 2.88. The van der Waals surface area contributed by atoms with Crippen LogP contribution in [0, 0.1) is 52.4 Å². The molecule has 0 heterocycles. The second kappa shape index (κ2) is 10.8. The number of hydrogen-bond donors (Lipinski definition) is 0. The Morgan fingerprint density at radius 3 is 0.825 bits per heavy atom. The van der Waals surface area contributed by atoms with Gasteiger partial charge >= 0.3 is 25.6 Å². The minimum Gasteiger partial charge on any atom is -0.322 e. The topological polar surface area (TPSA) is 27.7 Å². The molecular weight excluding hydrogens is 596 g/mol. The summed E-state index contributed by atoms with van der Waals surface area (Å²) in [6, 6.07) is -1.16. The number of halogens is 15. The van der Waals surface area contributed by atoms with Crippen LogP contribution in [0.15, 0.2) is 36.4 Å². The van der Waals surface area contributed by atoms with Gasteiger partial charge in [0, 0.05) is 0 Å². The van der Waals surface area contributed by atoms with Crippen LogP contribution in [0.2, 0.25) is 0 Å². The lowest BCUT2D eigenvalue weighted by Crippen LogP contribution is -2.43. The van der Waals surface area contributed by atoms with Crippen molar-refractivity contribution in [3.8, 4) is 0 Å². The van der Waals surface area contributed by atoms with Crippen LogP contribution in [0.5, 0.6) is 0 Å². The zero-order valence-corrected chi connectivity index (χ0v) is 18.4. The summed E-state index contributed by atoms with van der Waals surface area (Å²) in [4.78, 5) is 0. The van der Waals surface area contributed by atoms with Crippen LogP contribution >= 0.6 is 0 Å². The zero-order chi connectivity index (χ0) is 30.4. The normalized spacial score (nSPS) is 12.7. The first-order valence-electron chi connectivity index (χ1n) is 9.89. The van der Waals surface area contributed by atoms with Crippen molar-refractivity contribution in [2.24, 2.45) is 0 Å². The Hall–Kier alpha value is -3.45. The van der Waals surface area contributed by atoms with E-state index in [1.165, 1.54) is 0 Å². The van der Waals surface area contributed by atoms with E-state index in [4.69, 9.17) is 0 Å². The van der Waals surface area contributed by atoms with Crippen molar-refractivity contribution in [1.82, 2.24) is 0 Å². The molecular formula is C21H6BF15O3. The minimum atomic E-state index is -5.56. The van der Waals surface area contributed by atoms with Crippen LogP contribution in [0.25, 0.3) is 0 Å². The van der Waals surface area contributed by atoms with Crippen LogP contribution in [-0.4, -0.2) is 7.32 Å². The average molecular weight is 602 g/mol. The fourth-order valence-corrected chi connectivity index (χ4v) is 2.88. The van der Waals surface area contributed by atoms with E-state index in [9.17, 15) is 65.9 Å². The number of benzene rings is 3. The standard InChI is InChI=1S/C21H6BF15O3/c23-10-4-1-7(13(26)16(10)29)19(32,33)38-22(39-20(34,35)8-2-5-11(24)17(30)14(8)27)40-21(36,37)9-3-6-12(25)18(31)15(9)28/h1-6H. The van der Waals surface area contributed by atoms with Gasteiger partial charge in [-0.1, -0.05) is 0 Å². The van der Waals surface area contributed by atoms with Crippen LogP contribution < -0.4 is 0 Å². The molecule has 0 saturated carbocycles. The van der Waals surface area contributed by atoms with E-state index in [0.717, 1.165) is 0 Å². The van der Waals surface area contributed by atoms with Crippen LogP contribution in [0.1, 0.15) is 16.7 Å². The molecule has 0 aliphatic rings. The second-order valence-electron chi connectivity index (χ2n) is 7.36. The van der Waals surface area contributed by atoms with Gasteiger partial charge in [0.15, 0.2) is 52.4 Å². The van der Waals surface area contributed by atoms with Crippen molar-refractivity contribution in [1.29, 1.82) is 0 Å². The minimum absolute atomic E-state index is 0.141. The van der Waals surface area contributed by atoms with Crippen molar-refractivity contribution in [3.05, 3.63) is 105 Å². The molecule has 0 aromatic heterocycles. The Morgan fingerprint density at radius 1 is 0.375 bits per heavy atom. The molecule has 0 amide bonds. The van der Waals surface area contributed by atoms with Crippen molar-refractivity contribution in [2.45, 2.75) is 18.3 Å². The van der Waals surface area contributed by atoms with E-state index in [1.807, 2.05) is 0 Å². The van der Waals surface area contributed by atoms with Gasteiger partial charge in [-0.15, -0.1) is 0 Å². The van der Waals surface area contributed by atoms with E-state index in [-0.39, 0.29) is 36.4 Å². The summed E-state index contributed by atoms with van der Waals surface area (Å²) in [7, 11) is -4.33. The molecule has 0 unspecified atom stereocenters. The molecule has 0 saturated heterocycles. The molecule has 40 heavy (non-hydrogen) atoms. The molecule has 19 heteroatoms. The van der Waals surface area contributed by atoms with Gasteiger partial charge in [0.25, 0.3) is 0 Å². The molecule has 0 bridgehead atoms. The van der Waals surface area contributed by atoms with E-state index in [1.54, 1.807) is 0 Å². The molecule has 0 radical (unpaired) electrons. The lowest BCUT2D eigenvalue weighted by atomic mass is 10.1. The Morgan fingerprint density at radius 2 is 0.600 bits per heavy atom. The smallest absolute Gasteiger partial charge is 0.322 e. The SMILES string of the molecule is Fc1ccc(C(F)(F)OB(OC(F)(F)c2ccc(F)c(F)c2F)OC(F)(F)c2ccc(F)c(F)c2F)c(F)c1F. The Kier molecular flexibility index (Phi) is 8.43. The first-order chi connectivity index (χ1) is 18.3. The van der Waals surface area contributed by atoms with Gasteiger partial charge in [-0.2, -0.15) is 26.3 Å². The van der Waals surface area contributed by atoms with Crippen LogP contribution in [0.4, 0.5) is 65.9 Å². The van der Waals surface area contributed by atoms with Crippen molar-refractivity contribution >= 4 is 7.32 Å². The fraction of sp³-hybridized carbons (Fsp3) is 0.143. The van der Waals surface area contributed by atoms with Crippen molar-refractivity contribution < 1.29 is 79.8 Å². The third-order valence-corrected chi connectivity index (χ3v) is 4.78. The highest BCUT2D eigenvalue weighted by atomic mass is 19.3. The molecule has 0 spiro atoms. The van der Waals surface area contributed by atoms with Crippen LogP contribution in [-0.2, 0) is 32.3 Å². The van der Waals surface area contributed by atoms with Crippen molar-refractivity contribution in [3.63, 3.8) is 0 Å². The van der Waals surface area contributed by atoms with Gasteiger partial charge in [0.2, 0.25) is 0 Å². The summed E-state index contributed by atoms with van der Waals surface area (Å²) in [5.41, 5.74) is -7.02. The molecule has 0 N–H and O–H groups in total. The Labute approximate surface area is 211 Å². The molecule has 3 aromatic carbocycles. The maximum absolute atomic E-state index is 14.6.